The zero-order chi connectivity index (χ0) is 24.1. The Hall–Kier alpha value is -4.20. The van der Waals surface area contributed by atoms with Crippen molar-refractivity contribution in [3.63, 3.8) is 0 Å². The Labute approximate surface area is 197 Å². The Morgan fingerprint density at radius 3 is 2.47 bits per heavy atom. The van der Waals surface area contributed by atoms with Gasteiger partial charge in [-0.25, -0.2) is 9.07 Å². The van der Waals surface area contributed by atoms with Crippen LogP contribution in [0.4, 0.5) is 10.1 Å². The van der Waals surface area contributed by atoms with E-state index in [2.05, 4.69) is 29.2 Å². The maximum Gasteiger partial charge on any atom is 0.336 e. The third-order valence-corrected chi connectivity index (χ3v) is 4.94. The Bertz CT molecular complexity index is 1270. The Morgan fingerprint density at radius 2 is 1.79 bits per heavy atom. The molecule has 0 spiro atoms. The second-order valence-corrected chi connectivity index (χ2v) is 8.07. The normalized spacial score (nSPS) is 10.9. The molecular formula is C26H25FN4O3. The number of ether oxygens (including phenoxy) is 2. The van der Waals surface area contributed by atoms with Gasteiger partial charge >= 0.3 is 6.01 Å². The minimum atomic E-state index is -0.391. The smallest absolute Gasteiger partial charge is 0.336 e. The summed E-state index contributed by atoms with van der Waals surface area (Å²) in [6.45, 7) is 4.60. The van der Waals surface area contributed by atoms with Crippen LogP contribution in [0.25, 0.3) is 17.1 Å². The van der Waals surface area contributed by atoms with E-state index in [1.807, 2.05) is 36.4 Å². The number of benzene rings is 3. The van der Waals surface area contributed by atoms with Crippen molar-refractivity contribution in [3.05, 3.63) is 84.2 Å². The second-order valence-electron chi connectivity index (χ2n) is 8.07. The van der Waals surface area contributed by atoms with Gasteiger partial charge in [-0.2, -0.15) is 4.98 Å². The van der Waals surface area contributed by atoms with Crippen molar-refractivity contribution >= 4 is 11.6 Å². The topological polar surface area (TPSA) is 78.3 Å². The van der Waals surface area contributed by atoms with Gasteiger partial charge in [0.05, 0.1) is 19.4 Å². The lowest BCUT2D eigenvalue weighted by atomic mass is 10.2. The highest BCUT2D eigenvalue weighted by Gasteiger charge is 2.16. The van der Waals surface area contributed by atoms with E-state index in [0.717, 1.165) is 11.3 Å². The number of methoxy groups -OCH3 is 1. The fourth-order valence-corrected chi connectivity index (χ4v) is 3.22. The van der Waals surface area contributed by atoms with Crippen molar-refractivity contribution in [3.8, 4) is 28.8 Å². The number of halogens is 1. The van der Waals surface area contributed by atoms with Gasteiger partial charge in [-0.1, -0.05) is 26.0 Å². The van der Waals surface area contributed by atoms with E-state index in [1.54, 1.807) is 23.9 Å². The van der Waals surface area contributed by atoms with Crippen LogP contribution in [0.5, 0.6) is 11.8 Å². The molecule has 1 aromatic heterocycles. The molecule has 0 atom stereocenters. The molecule has 1 heterocycles. The molecule has 4 rings (SSSR count). The van der Waals surface area contributed by atoms with Crippen molar-refractivity contribution in [1.29, 1.82) is 0 Å². The Balaban J connectivity index is 1.61. The molecule has 0 unspecified atom stereocenters. The fraction of sp³-hybridized carbons (Fsp3) is 0.192. The van der Waals surface area contributed by atoms with Crippen LogP contribution in [0.15, 0.2) is 72.8 Å². The van der Waals surface area contributed by atoms with Gasteiger partial charge in [0.25, 0.3) is 5.91 Å². The molecule has 0 aliphatic heterocycles. The SMILES string of the molecule is COc1cccc(-c2nc(OCC(C)C)nn2-c2ccc(NC(=O)c3ccc(F)cc3)cc2)c1. The maximum absolute atomic E-state index is 13.1. The summed E-state index contributed by atoms with van der Waals surface area (Å²) in [5, 5.41) is 7.36. The van der Waals surface area contributed by atoms with E-state index in [-0.39, 0.29) is 11.9 Å². The molecule has 0 saturated carbocycles. The molecule has 0 aliphatic rings. The Morgan fingerprint density at radius 1 is 1.06 bits per heavy atom. The van der Waals surface area contributed by atoms with Crippen LogP contribution in [0.1, 0.15) is 24.2 Å². The van der Waals surface area contributed by atoms with Crippen LogP contribution in [0.2, 0.25) is 0 Å². The quantitative estimate of drug-likeness (QED) is 0.383. The number of hydrogen-bond donors (Lipinski definition) is 1. The average molecular weight is 461 g/mol. The van der Waals surface area contributed by atoms with Crippen molar-refractivity contribution in [1.82, 2.24) is 14.8 Å². The van der Waals surface area contributed by atoms with Crippen LogP contribution >= 0.6 is 0 Å². The number of carbonyl (C=O) groups excluding carboxylic acids is 1. The Kier molecular flexibility index (Phi) is 6.87. The van der Waals surface area contributed by atoms with Crippen molar-refractivity contribution in [2.24, 2.45) is 5.92 Å². The maximum atomic E-state index is 13.1. The average Bonchev–Trinajstić information content (AvgIpc) is 3.28. The molecule has 1 N–H and O–H groups in total. The predicted octanol–water partition coefficient (Wildman–Crippen LogP) is 5.37. The number of carbonyl (C=O) groups is 1. The number of aromatic nitrogens is 3. The summed E-state index contributed by atoms with van der Waals surface area (Å²) in [5.41, 5.74) is 2.52. The fourth-order valence-electron chi connectivity index (χ4n) is 3.22. The first-order valence-electron chi connectivity index (χ1n) is 10.8. The summed E-state index contributed by atoms with van der Waals surface area (Å²) in [4.78, 5) is 17.0. The van der Waals surface area contributed by atoms with Crippen LogP contribution in [-0.2, 0) is 0 Å². The van der Waals surface area contributed by atoms with Gasteiger partial charge in [0.15, 0.2) is 5.82 Å². The van der Waals surface area contributed by atoms with E-state index in [4.69, 9.17) is 9.47 Å². The highest BCUT2D eigenvalue weighted by molar-refractivity contribution is 6.04. The molecule has 0 aliphatic carbocycles. The molecule has 0 saturated heterocycles. The molecule has 4 aromatic rings. The van der Waals surface area contributed by atoms with Gasteiger partial charge in [0.2, 0.25) is 0 Å². The zero-order valence-corrected chi connectivity index (χ0v) is 19.2. The molecule has 3 aromatic carbocycles. The molecule has 1 amide bonds. The molecule has 0 radical (unpaired) electrons. The second kappa shape index (κ2) is 10.2. The number of amides is 1. The van der Waals surface area contributed by atoms with Gasteiger partial charge in [0, 0.05) is 16.8 Å². The van der Waals surface area contributed by atoms with E-state index in [1.165, 1.54) is 24.3 Å². The standard InChI is InChI=1S/C26H25FN4O3/c1-17(2)16-34-26-29-24(19-5-4-6-23(15-19)33-3)31(30-26)22-13-11-21(12-14-22)28-25(32)18-7-9-20(27)10-8-18/h4-15,17H,16H2,1-3H3,(H,28,32). The monoisotopic (exact) mass is 460 g/mol. The van der Waals surface area contributed by atoms with E-state index in [9.17, 15) is 9.18 Å². The number of nitrogens with one attached hydrogen (secondary N) is 1. The minimum Gasteiger partial charge on any atom is -0.497 e. The van der Waals surface area contributed by atoms with Gasteiger partial charge < -0.3 is 14.8 Å². The summed E-state index contributed by atoms with van der Waals surface area (Å²) in [5.74, 6) is 0.916. The van der Waals surface area contributed by atoms with E-state index < -0.39 is 5.82 Å². The summed E-state index contributed by atoms with van der Waals surface area (Å²) < 4.78 is 25.9. The van der Waals surface area contributed by atoms with Crippen LogP contribution in [-0.4, -0.2) is 34.4 Å². The first kappa shape index (κ1) is 23.0. The van der Waals surface area contributed by atoms with E-state index in [0.29, 0.717) is 35.3 Å². The number of anilines is 1. The molecule has 8 heteroatoms. The molecule has 7 nitrogen and oxygen atoms in total. The lowest BCUT2D eigenvalue weighted by Gasteiger charge is -2.09. The van der Waals surface area contributed by atoms with Gasteiger partial charge in [-0.3, -0.25) is 4.79 Å². The molecule has 0 fully saturated rings. The first-order valence-corrected chi connectivity index (χ1v) is 10.8. The largest absolute Gasteiger partial charge is 0.497 e. The third kappa shape index (κ3) is 5.40. The van der Waals surface area contributed by atoms with Gasteiger partial charge in [-0.15, -0.1) is 5.10 Å². The zero-order valence-electron chi connectivity index (χ0n) is 19.2. The van der Waals surface area contributed by atoms with Crippen LogP contribution in [0, 0.1) is 11.7 Å². The summed E-state index contributed by atoms with van der Waals surface area (Å²) in [6.07, 6.45) is 0. The number of hydrogen-bond acceptors (Lipinski definition) is 5. The van der Waals surface area contributed by atoms with Crippen LogP contribution < -0.4 is 14.8 Å². The summed E-state index contributed by atoms with van der Waals surface area (Å²) in [7, 11) is 1.61. The lowest BCUT2D eigenvalue weighted by molar-refractivity contribution is 0.102. The lowest BCUT2D eigenvalue weighted by Crippen LogP contribution is -2.12. The van der Waals surface area contributed by atoms with Crippen LogP contribution in [0.3, 0.4) is 0 Å². The first-order chi connectivity index (χ1) is 16.4. The third-order valence-electron chi connectivity index (χ3n) is 4.94. The van der Waals surface area contributed by atoms with Crippen molar-refractivity contribution < 1.29 is 18.7 Å². The highest BCUT2D eigenvalue weighted by Crippen LogP contribution is 2.27. The molecule has 34 heavy (non-hydrogen) atoms. The summed E-state index contributed by atoms with van der Waals surface area (Å²) in [6, 6.07) is 20.4. The summed E-state index contributed by atoms with van der Waals surface area (Å²) >= 11 is 0. The number of rotatable bonds is 8. The molecule has 0 bridgehead atoms. The highest BCUT2D eigenvalue weighted by atomic mass is 19.1. The molecular weight excluding hydrogens is 435 g/mol. The predicted molar refractivity (Wildman–Crippen MR) is 128 cm³/mol. The number of nitrogens with zero attached hydrogens (tertiary/aromatic N) is 3. The molecule has 174 valence electrons. The van der Waals surface area contributed by atoms with Crippen molar-refractivity contribution in [2.75, 3.05) is 19.0 Å². The van der Waals surface area contributed by atoms with Gasteiger partial charge in [0.1, 0.15) is 11.6 Å². The van der Waals surface area contributed by atoms with Crippen molar-refractivity contribution in [2.45, 2.75) is 13.8 Å². The van der Waals surface area contributed by atoms with Gasteiger partial charge in [-0.05, 0) is 66.6 Å². The van der Waals surface area contributed by atoms with E-state index >= 15 is 0 Å². The minimum absolute atomic E-state index is 0.278.